The third kappa shape index (κ3) is 2.17. The maximum Gasteiger partial charge on any atom is 0.269 e. The summed E-state index contributed by atoms with van der Waals surface area (Å²) < 4.78 is 5.20. The van der Waals surface area contributed by atoms with Gasteiger partial charge in [0.15, 0.2) is 0 Å². The lowest BCUT2D eigenvalue weighted by molar-refractivity contribution is -0.384. The van der Waals surface area contributed by atoms with Gasteiger partial charge in [0.1, 0.15) is 0 Å². The fraction of sp³-hybridized carbons (Fsp3) is 0.538. The average Bonchev–Trinajstić information content (AvgIpc) is 2.45. The minimum Gasteiger partial charge on any atom is -0.369 e. The first-order valence-electron chi connectivity index (χ1n) is 6.43. The van der Waals surface area contributed by atoms with E-state index in [4.69, 9.17) is 4.74 Å². The Morgan fingerprint density at radius 1 is 1.32 bits per heavy atom. The molecule has 102 valence electrons. The quantitative estimate of drug-likeness (QED) is 0.608. The molecule has 2 unspecified atom stereocenters. The number of methoxy groups -OCH3 is 1. The summed E-state index contributed by atoms with van der Waals surface area (Å²) in [6, 6.07) is 7.92. The van der Waals surface area contributed by atoms with E-state index < -0.39 is 0 Å². The van der Waals surface area contributed by atoms with Crippen LogP contribution in [-0.2, 0) is 4.74 Å². The predicted octanol–water partition coefficient (Wildman–Crippen LogP) is 1.46. The van der Waals surface area contributed by atoms with E-state index >= 15 is 0 Å². The van der Waals surface area contributed by atoms with E-state index in [1.165, 1.54) is 6.42 Å². The van der Waals surface area contributed by atoms with Gasteiger partial charge in [0.05, 0.1) is 11.7 Å². The monoisotopic (exact) mass is 263 g/mol. The number of anilines is 1. The number of piperidine rings is 1. The van der Waals surface area contributed by atoms with E-state index in [2.05, 4.69) is 9.80 Å². The molecule has 0 amide bonds. The fourth-order valence-corrected chi connectivity index (χ4v) is 3.04. The molecule has 0 spiro atoms. The van der Waals surface area contributed by atoms with E-state index in [0.29, 0.717) is 18.8 Å². The van der Waals surface area contributed by atoms with Gasteiger partial charge >= 0.3 is 0 Å². The summed E-state index contributed by atoms with van der Waals surface area (Å²) >= 11 is 0. The Morgan fingerprint density at radius 2 is 1.95 bits per heavy atom. The average molecular weight is 263 g/mol. The van der Waals surface area contributed by atoms with E-state index in [1.807, 2.05) is 12.1 Å². The Morgan fingerprint density at radius 3 is 2.47 bits per heavy atom. The molecule has 1 aromatic rings. The molecule has 3 aliphatic heterocycles. The number of hydrogen-bond donors (Lipinski definition) is 0. The third-order valence-corrected chi connectivity index (χ3v) is 4.05. The molecule has 3 aliphatic rings. The molecule has 1 aromatic carbocycles. The van der Waals surface area contributed by atoms with Crippen LogP contribution in [0.1, 0.15) is 6.42 Å². The standard InChI is InChI=1S/C13H17N3O3/c1-19-9-15-12-6-13(15)8-14(7-12)10-2-4-11(5-3-10)16(17)18/h2-5,12-13H,6-9H2,1H3. The Hall–Kier alpha value is -1.66. The van der Waals surface area contributed by atoms with E-state index in [0.717, 1.165) is 18.8 Å². The molecule has 3 saturated heterocycles. The first-order chi connectivity index (χ1) is 9.19. The normalized spacial score (nSPS) is 26.1. The lowest BCUT2D eigenvalue weighted by Crippen LogP contribution is -2.69. The van der Waals surface area contributed by atoms with E-state index in [-0.39, 0.29) is 10.6 Å². The molecular formula is C13H17N3O3. The lowest BCUT2D eigenvalue weighted by Gasteiger charge is -2.56. The van der Waals surface area contributed by atoms with Crippen molar-refractivity contribution in [2.24, 2.45) is 0 Å². The van der Waals surface area contributed by atoms with E-state index in [1.54, 1.807) is 19.2 Å². The van der Waals surface area contributed by atoms with Crippen molar-refractivity contribution in [3.8, 4) is 0 Å². The molecule has 2 atom stereocenters. The van der Waals surface area contributed by atoms with Gasteiger partial charge in [-0.25, -0.2) is 0 Å². The maximum absolute atomic E-state index is 10.6. The van der Waals surface area contributed by atoms with Gasteiger partial charge in [-0.2, -0.15) is 0 Å². The summed E-state index contributed by atoms with van der Waals surface area (Å²) in [5, 5.41) is 10.6. The van der Waals surface area contributed by atoms with Gasteiger partial charge in [-0.15, -0.1) is 0 Å². The van der Waals surface area contributed by atoms with Crippen LogP contribution < -0.4 is 4.90 Å². The van der Waals surface area contributed by atoms with Gasteiger partial charge in [0, 0.05) is 50.1 Å². The summed E-state index contributed by atoms with van der Waals surface area (Å²) in [5.41, 5.74) is 1.21. The minimum absolute atomic E-state index is 0.145. The number of rotatable bonds is 4. The molecule has 0 aromatic heterocycles. The van der Waals surface area contributed by atoms with Crippen molar-refractivity contribution >= 4 is 11.4 Å². The number of nitro benzene ring substituents is 1. The van der Waals surface area contributed by atoms with Crippen LogP contribution in [0.5, 0.6) is 0 Å². The predicted molar refractivity (Wildman–Crippen MR) is 71.2 cm³/mol. The van der Waals surface area contributed by atoms with Crippen LogP contribution in [0.15, 0.2) is 24.3 Å². The number of fused-ring (bicyclic) bond motifs is 2. The highest BCUT2D eigenvalue weighted by Crippen LogP contribution is 2.34. The van der Waals surface area contributed by atoms with Crippen LogP contribution in [0.2, 0.25) is 0 Å². The fourth-order valence-electron chi connectivity index (χ4n) is 3.04. The van der Waals surface area contributed by atoms with Crippen molar-refractivity contribution in [1.29, 1.82) is 0 Å². The Balaban J connectivity index is 1.67. The zero-order valence-electron chi connectivity index (χ0n) is 10.9. The second kappa shape index (κ2) is 4.79. The SMILES string of the molecule is COCN1C2CC1CN(c1ccc([N+](=O)[O-])cc1)C2. The molecule has 0 aliphatic carbocycles. The van der Waals surface area contributed by atoms with Crippen molar-refractivity contribution in [3.63, 3.8) is 0 Å². The summed E-state index contributed by atoms with van der Waals surface area (Å²) in [6.45, 7) is 2.64. The number of benzene rings is 1. The van der Waals surface area contributed by atoms with Crippen LogP contribution in [0.4, 0.5) is 11.4 Å². The highest BCUT2D eigenvalue weighted by molar-refractivity contribution is 5.52. The largest absolute Gasteiger partial charge is 0.369 e. The van der Waals surface area contributed by atoms with Crippen LogP contribution in [0, 0.1) is 10.1 Å². The Labute approximate surface area is 111 Å². The molecule has 0 N–H and O–H groups in total. The summed E-state index contributed by atoms with van der Waals surface area (Å²) in [6.07, 6.45) is 1.23. The number of ether oxygens (including phenoxy) is 1. The molecule has 0 radical (unpaired) electrons. The highest BCUT2D eigenvalue weighted by Gasteiger charge is 2.44. The van der Waals surface area contributed by atoms with Crippen LogP contribution >= 0.6 is 0 Å². The molecule has 4 rings (SSSR count). The van der Waals surface area contributed by atoms with Crippen molar-refractivity contribution in [2.75, 3.05) is 31.8 Å². The molecule has 3 fully saturated rings. The summed E-state index contributed by atoms with van der Waals surface area (Å²) in [5.74, 6) is 0. The summed E-state index contributed by atoms with van der Waals surface area (Å²) in [7, 11) is 1.72. The molecule has 19 heavy (non-hydrogen) atoms. The van der Waals surface area contributed by atoms with Crippen molar-refractivity contribution in [1.82, 2.24) is 4.90 Å². The first-order valence-corrected chi connectivity index (χ1v) is 6.43. The zero-order valence-corrected chi connectivity index (χ0v) is 10.9. The molecule has 3 heterocycles. The number of nitro groups is 1. The maximum atomic E-state index is 10.6. The third-order valence-electron chi connectivity index (χ3n) is 4.05. The van der Waals surface area contributed by atoms with Crippen LogP contribution in [-0.4, -0.2) is 48.8 Å². The number of piperazine rings is 1. The molecule has 0 saturated carbocycles. The molecular weight excluding hydrogens is 246 g/mol. The van der Waals surface area contributed by atoms with Crippen molar-refractivity contribution in [3.05, 3.63) is 34.4 Å². The number of nitrogens with zero attached hydrogens (tertiary/aromatic N) is 3. The number of hydrogen-bond acceptors (Lipinski definition) is 5. The zero-order chi connectivity index (χ0) is 13.4. The smallest absolute Gasteiger partial charge is 0.269 e. The summed E-state index contributed by atoms with van der Waals surface area (Å²) in [4.78, 5) is 14.9. The topological polar surface area (TPSA) is 58.8 Å². The van der Waals surface area contributed by atoms with Gasteiger partial charge in [-0.05, 0) is 18.6 Å². The second-order valence-electron chi connectivity index (χ2n) is 5.15. The number of non-ortho nitro benzene ring substituents is 1. The van der Waals surface area contributed by atoms with Gasteiger partial charge < -0.3 is 9.64 Å². The molecule has 2 bridgehead atoms. The highest BCUT2D eigenvalue weighted by atomic mass is 16.6. The van der Waals surface area contributed by atoms with Crippen molar-refractivity contribution < 1.29 is 9.66 Å². The van der Waals surface area contributed by atoms with Gasteiger partial charge in [0.25, 0.3) is 5.69 Å². The van der Waals surface area contributed by atoms with Gasteiger partial charge in [0.2, 0.25) is 0 Å². The van der Waals surface area contributed by atoms with Crippen molar-refractivity contribution in [2.45, 2.75) is 18.5 Å². The lowest BCUT2D eigenvalue weighted by atomic mass is 9.88. The van der Waals surface area contributed by atoms with Gasteiger partial charge in [-0.3, -0.25) is 15.0 Å². The first kappa shape index (κ1) is 12.4. The second-order valence-corrected chi connectivity index (χ2v) is 5.15. The van der Waals surface area contributed by atoms with Crippen LogP contribution in [0.25, 0.3) is 0 Å². The van der Waals surface area contributed by atoms with Gasteiger partial charge in [-0.1, -0.05) is 0 Å². The Bertz CT molecular complexity index is 465. The molecule has 6 heteroatoms. The van der Waals surface area contributed by atoms with E-state index in [9.17, 15) is 10.1 Å². The Kier molecular flexibility index (Phi) is 3.12. The molecule has 6 nitrogen and oxygen atoms in total. The minimum atomic E-state index is -0.363. The van der Waals surface area contributed by atoms with Crippen LogP contribution in [0.3, 0.4) is 0 Å².